The van der Waals surface area contributed by atoms with E-state index in [2.05, 4.69) is 13.0 Å². The minimum Gasteiger partial charge on any atom is -0.206 e. The smallest absolute Gasteiger partial charge is 0.131 e. The third-order valence-corrected chi connectivity index (χ3v) is 4.62. The molecule has 1 heteroatoms. The molecule has 0 N–H and O–H groups in total. The maximum Gasteiger partial charge on any atom is 0.131 e. The molecule has 2 aromatic rings. The van der Waals surface area contributed by atoms with Crippen LogP contribution in [0.5, 0.6) is 0 Å². The van der Waals surface area contributed by atoms with Crippen molar-refractivity contribution in [1.29, 1.82) is 0 Å². The summed E-state index contributed by atoms with van der Waals surface area (Å²) in [6, 6.07) is 13.8. The van der Waals surface area contributed by atoms with Crippen molar-refractivity contribution in [3.05, 3.63) is 65.3 Å². The van der Waals surface area contributed by atoms with Gasteiger partial charge >= 0.3 is 0 Å². The van der Waals surface area contributed by atoms with Gasteiger partial charge in [-0.2, -0.15) is 0 Å². The predicted octanol–water partition coefficient (Wildman–Crippen LogP) is 5.93. The maximum absolute atomic E-state index is 14.5. The zero-order valence-electron chi connectivity index (χ0n) is 12.8. The normalized spacial score (nSPS) is 17.1. The summed E-state index contributed by atoms with van der Waals surface area (Å²) in [5.41, 5.74) is 3.94. The number of aryl methyl sites for hydroxylation is 1. The Kier molecular flexibility index (Phi) is 4.10. The standard InChI is InChI=1S/C20H22F/c1-14-3-7-16(8-4-14)18-11-12-19(20(21)13-18)17-9-5-15(2)6-10-17/h5-6,9-14H,3-4,7-8H2,1-2H3. The molecule has 1 radical (unpaired) electrons. The van der Waals surface area contributed by atoms with Crippen LogP contribution in [0.4, 0.5) is 4.39 Å². The number of halogens is 1. The third-order valence-electron chi connectivity index (χ3n) is 4.62. The SMILES string of the molecule is Cc1ccc(-c2ccc([C]3CCC(C)CC3)cc2F)cc1. The Morgan fingerprint density at radius 1 is 0.905 bits per heavy atom. The zero-order chi connectivity index (χ0) is 14.8. The summed E-state index contributed by atoms with van der Waals surface area (Å²) in [6.45, 7) is 4.35. The topological polar surface area (TPSA) is 0 Å². The van der Waals surface area contributed by atoms with Crippen molar-refractivity contribution in [3.63, 3.8) is 0 Å². The van der Waals surface area contributed by atoms with E-state index >= 15 is 0 Å². The fourth-order valence-electron chi connectivity index (χ4n) is 3.10. The maximum atomic E-state index is 14.5. The highest BCUT2D eigenvalue weighted by Crippen LogP contribution is 2.36. The fourth-order valence-corrected chi connectivity index (χ4v) is 3.10. The summed E-state index contributed by atoms with van der Waals surface area (Å²) < 4.78 is 14.5. The summed E-state index contributed by atoms with van der Waals surface area (Å²) >= 11 is 0. The molecule has 0 nitrogen and oxygen atoms in total. The average Bonchev–Trinajstić information content (AvgIpc) is 2.49. The van der Waals surface area contributed by atoms with E-state index in [9.17, 15) is 4.39 Å². The van der Waals surface area contributed by atoms with Crippen molar-refractivity contribution >= 4 is 0 Å². The van der Waals surface area contributed by atoms with Gasteiger partial charge in [0.05, 0.1) is 0 Å². The largest absolute Gasteiger partial charge is 0.206 e. The molecule has 0 saturated heterocycles. The Labute approximate surface area is 127 Å². The monoisotopic (exact) mass is 281 g/mol. The van der Waals surface area contributed by atoms with E-state index in [0.29, 0.717) is 5.56 Å². The molecule has 0 unspecified atom stereocenters. The van der Waals surface area contributed by atoms with Crippen molar-refractivity contribution < 1.29 is 4.39 Å². The Morgan fingerprint density at radius 3 is 2.14 bits per heavy atom. The lowest BCUT2D eigenvalue weighted by Crippen LogP contribution is -2.11. The highest BCUT2D eigenvalue weighted by Gasteiger charge is 2.21. The summed E-state index contributed by atoms with van der Waals surface area (Å²) in [4.78, 5) is 0. The van der Waals surface area contributed by atoms with Gasteiger partial charge in [0.2, 0.25) is 0 Å². The van der Waals surface area contributed by atoms with Gasteiger partial charge in [-0.3, -0.25) is 0 Å². The highest BCUT2D eigenvalue weighted by atomic mass is 19.1. The van der Waals surface area contributed by atoms with E-state index in [0.717, 1.165) is 29.9 Å². The Balaban J connectivity index is 1.84. The first-order valence-corrected chi connectivity index (χ1v) is 7.85. The molecular formula is C20H22F. The molecule has 1 aliphatic rings. The van der Waals surface area contributed by atoms with E-state index in [1.807, 2.05) is 37.3 Å². The van der Waals surface area contributed by atoms with E-state index < -0.39 is 0 Å². The van der Waals surface area contributed by atoms with Crippen LogP contribution in [0, 0.1) is 24.6 Å². The van der Waals surface area contributed by atoms with Gasteiger partial charge in [0.15, 0.2) is 0 Å². The summed E-state index contributed by atoms with van der Waals surface area (Å²) in [7, 11) is 0. The molecular weight excluding hydrogens is 259 g/mol. The lowest BCUT2D eigenvalue weighted by Gasteiger charge is -2.26. The molecule has 3 rings (SSSR count). The minimum atomic E-state index is -0.109. The van der Waals surface area contributed by atoms with Crippen molar-refractivity contribution in [3.8, 4) is 11.1 Å². The van der Waals surface area contributed by atoms with E-state index in [1.165, 1.54) is 24.3 Å². The molecule has 2 aromatic carbocycles. The first-order valence-electron chi connectivity index (χ1n) is 7.85. The Bertz CT molecular complexity index is 604. The van der Waals surface area contributed by atoms with Crippen molar-refractivity contribution in [1.82, 2.24) is 0 Å². The molecule has 0 atom stereocenters. The molecule has 0 aliphatic heterocycles. The molecule has 0 aromatic heterocycles. The van der Waals surface area contributed by atoms with Gasteiger partial charge < -0.3 is 0 Å². The summed E-state index contributed by atoms with van der Waals surface area (Å²) in [5, 5.41) is 0. The number of hydrogen-bond donors (Lipinski definition) is 0. The molecule has 0 amide bonds. The van der Waals surface area contributed by atoms with Crippen molar-refractivity contribution in [2.45, 2.75) is 39.5 Å². The average molecular weight is 281 g/mol. The van der Waals surface area contributed by atoms with Gasteiger partial charge in [-0.1, -0.05) is 48.9 Å². The molecule has 109 valence electrons. The fraction of sp³-hybridized carbons (Fsp3) is 0.350. The van der Waals surface area contributed by atoms with Gasteiger partial charge in [0.1, 0.15) is 5.82 Å². The van der Waals surface area contributed by atoms with Gasteiger partial charge in [0, 0.05) is 11.5 Å². The molecule has 0 spiro atoms. The lowest BCUT2D eigenvalue weighted by molar-refractivity contribution is 0.416. The van der Waals surface area contributed by atoms with Crippen LogP contribution in [-0.4, -0.2) is 0 Å². The van der Waals surface area contributed by atoms with Crippen LogP contribution >= 0.6 is 0 Å². The van der Waals surface area contributed by atoms with Crippen molar-refractivity contribution in [2.24, 2.45) is 5.92 Å². The Hall–Kier alpha value is -1.63. The third kappa shape index (κ3) is 3.18. The van der Waals surface area contributed by atoms with Crippen LogP contribution in [0.2, 0.25) is 0 Å². The van der Waals surface area contributed by atoms with Crippen LogP contribution in [0.1, 0.15) is 43.7 Å². The molecule has 1 saturated carbocycles. The zero-order valence-corrected chi connectivity index (χ0v) is 12.8. The predicted molar refractivity (Wildman–Crippen MR) is 86.6 cm³/mol. The molecule has 1 fully saturated rings. The van der Waals surface area contributed by atoms with Gasteiger partial charge in [-0.05, 0) is 55.7 Å². The van der Waals surface area contributed by atoms with Gasteiger partial charge in [-0.25, -0.2) is 4.39 Å². The van der Waals surface area contributed by atoms with E-state index in [4.69, 9.17) is 0 Å². The molecule has 0 heterocycles. The second-order valence-electron chi connectivity index (χ2n) is 6.35. The van der Waals surface area contributed by atoms with E-state index in [-0.39, 0.29) is 5.82 Å². The molecule has 0 bridgehead atoms. The number of rotatable bonds is 2. The summed E-state index contributed by atoms with van der Waals surface area (Å²) in [5.74, 6) is 2.12. The van der Waals surface area contributed by atoms with Crippen LogP contribution < -0.4 is 0 Å². The number of benzene rings is 2. The van der Waals surface area contributed by atoms with Gasteiger partial charge in [0.25, 0.3) is 0 Å². The second-order valence-corrected chi connectivity index (χ2v) is 6.35. The lowest BCUT2D eigenvalue weighted by atomic mass is 9.79. The first kappa shape index (κ1) is 14.3. The van der Waals surface area contributed by atoms with Crippen LogP contribution in [0.15, 0.2) is 42.5 Å². The quantitative estimate of drug-likeness (QED) is 0.639. The summed E-state index contributed by atoms with van der Waals surface area (Å²) in [6.07, 6.45) is 4.70. The van der Waals surface area contributed by atoms with Crippen LogP contribution in [-0.2, 0) is 0 Å². The minimum absolute atomic E-state index is 0.109. The number of hydrogen-bond acceptors (Lipinski definition) is 0. The van der Waals surface area contributed by atoms with Gasteiger partial charge in [-0.15, -0.1) is 0 Å². The van der Waals surface area contributed by atoms with Crippen molar-refractivity contribution in [2.75, 3.05) is 0 Å². The van der Waals surface area contributed by atoms with Crippen LogP contribution in [0.3, 0.4) is 0 Å². The van der Waals surface area contributed by atoms with E-state index in [1.54, 1.807) is 6.07 Å². The highest BCUT2D eigenvalue weighted by molar-refractivity contribution is 5.65. The Morgan fingerprint density at radius 2 is 1.52 bits per heavy atom. The van der Waals surface area contributed by atoms with Crippen LogP contribution in [0.25, 0.3) is 11.1 Å². The molecule has 21 heavy (non-hydrogen) atoms. The first-order chi connectivity index (χ1) is 10.1. The second kappa shape index (κ2) is 6.01. The molecule has 1 aliphatic carbocycles.